The zero-order valence-electron chi connectivity index (χ0n) is 16.6. The van der Waals surface area contributed by atoms with Crippen LogP contribution in [0, 0.1) is 0 Å². The van der Waals surface area contributed by atoms with E-state index < -0.39 is 24.3 Å². The highest BCUT2D eigenvalue weighted by Crippen LogP contribution is 2.36. The van der Waals surface area contributed by atoms with Gasteiger partial charge in [0.1, 0.15) is 4.88 Å². The van der Waals surface area contributed by atoms with Crippen molar-refractivity contribution >= 4 is 40.9 Å². The molecule has 0 spiro atoms. The third-order valence-corrected chi connectivity index (χ3v) is 5.79. The number of thiazole rings is 1. The van der Waals surface area contributed by atoms with Crippen LogP contribution in [0.2, 0.25) is 0 Å². The van der Waals surface area contributed by atoms with Gasteiger partial charge in [-0.15, -0.1) is 0 Å². The smallest absolute Gasteiger partial charge is 0.462 e. The van der Waals surface area contributed by atoms with Crippen molar-refractivity contribution in [1.29, 1.82) is 0 Å². The van der Waals surface area contributed by atoms with Gasteiger partial charge in [0.2, 0.25) is 0 Å². The second kappa shape index (κ2) is 7.65. The molecule has 1 aliphatic heterocycles. The van der Waals surface area contributed by atoms with Gasteiger partial charge in [-0.25, -0.2) is 9.78 Å². The van der Waals surface area contributed by atoms with Gasteiger partial charge in [0, 0.05) is 5.56 Å². The van der Waals surface area contributed by atoms with Crippen LogP contribution < -0.4 is 10.8 Å². The van der Waals surface area contributed by atoms with E-state index in [9.17, 15) is 9.59 Å². The Balaban J connectivity index is 1.65. The first-order chi connectivity index (χ1) is 13.1. The number of hydrogen-bond acceptors (Lipinski definition) is 7. The molecule has 7 nitrogen and oxygen atoms in total. The summed E-state index contributed by atoms with van der Waals surface area (Å²) >= 11 is 1.07. The number of esters is 1. The monoisotopic (exact) mass is 402 g/mol. The Labute approximate surface area is 168 Å². The van der Waals surface area contributed by atoms with Gasteiger partial charge in [-0.05, 0) is 52.2 Å². The molecule has 3 rings (SSSR count). The maximum absolute atomic E-state index is 12.4. The average Bonchev–Trinajstić information content (AvgIpc) is 3.17. The number of nitrogens with zero attached hydrogens (tertiary/aromatic N) is 1. The van der Waals surface area contributed by atoms with Crippen LogP contribution in [0.25, 0.3) is 0 Å². The maximum Gasteiger partial charge on any atom is 0.494 e. The first-order valence-electron chi connectivity index (χ1n) is 9.03. The fourth-order valence-electron chi connectivity index (χ4n) is 2.57. The number of carbonyl (C=O) groups excluding carboxylic acids is 2. The molecule has 2 heterocycles. The van der Waals surface area contributed by atoms with Crippen LogP contribution in [-0.4, -0.2) is 41.8 Å². The molecule has 1 aromatic carbocycles. The van der Waals surface area contributed by atoms with Gasteiger partial charge < -0.3 is 14.0 Å². The SMILES string of the molecule is CCOC(=O)c1cnc(NC(=O)c2ccc(B3OC(C)(C)C(C)(C)O3)cc2)s1. The molecular weight excluding hydrogens is 379 g/mol. The van der Waals surface area contributed by atoms with Crippen LogP contribution >= 0.6 is 11.3 Å². The topological polar surface area (TPSA) is 86.8 Å². The second-order valence-electron chi connectivity index (χ2n) is 7.41. The van der Waals surface area contributed by atoms with E-state index in [0.29, 0.717) is 15.6 Å². The summed E-state index contributed by atoms with van der Waals surface area (Å²) < 4.78 is 16.9. The Hall–Kier alpha value is -2.23. The normalized spacial score (nSPS) is 17.4. The highest BCUT2D eigenvalue weighted by atomic mass is 32.1. The number of nitrogens with one attached hydrogen (secondary N) is 1. The Kier molecular flexibility index (Phi) is 5.61. The molecule has 2 aromatic rings. The van der Waals surface area contributed by atoms with E-state index in [2.05, 4.69) is 10.3 Å². The summed E-state index contributed by atoms with van der Waals surface area (Å²) in [6.07, 6.45) is 1.39. The predicted molar refractivity (Wildman–Crippen MR) is 108 cm³/mol. The summed E-state index contributed by atoms with van der Waals surface area (Å²) in [6, 6.07) is 7.02. The summed E-state index contributed by atoms with van der Waals surface area (Å²) in [4.78, 5) is 28.5. The van der Waals surface area contributed by atoms with Crippen LogP contribution in [-0.2, 0) is 14.0 Å². The number of aromatic nitrogens is 1. The van der Waals surface area contributed by atoms with Crippen LogP contribution in [0.15, 0.2) is 30.5 Å². The highest BCUT2D eigenvalue weighted by molar-refractivity contribution is 7.17. The molecule has 0 atom stereocenters. The van der Waals surface area contributed by atoms with Gasteiger partial charge in [-0.1, -0.05) is 23.5 Å². The largest absolute Gasteiger partial charge is 0.494 e. The standard InChI is InChI=1S/C19H23BN2O5S/c1-6-25-16(24)14-11-21-17(28-14)22-15(23)12-7-9-13(10-8-12)20-26-18(2,3)19(4,5)27-20/h7-11H,6H2,1-5H3,(H,21,22,23). The van der Waals surface area contributed by atoms with Gasteiger partial charge in [-0.2, -0.15) is 0 Å². The molecule has 9 heteroatoms. The van der Waals surface area contributed by atoms with Crippen molar-refractivity contribution in [3.8, 4) is 0 Å². The minimum atomic E-state index is -0.479. The first kappa shape index (κ1) is 20.5. The van der Waals surface area contributed by atoms with Gasteiger partial charge in [0.15, 0.2) is 5.13 Å². The van der Waals surface area contributed by atoms with Crippen molar-refractivity contribution in [2.45, 2.75) is 45.8 Å². The number of benzene rings is 1. The summed E-state index contributed by atoms with van der Waals surface area (Å²) in [5, 5.41) is 3.03. The molecule has 1 aliphatic rings. The summed E-state index contributed by atoms with van der Waals surface area (Å²) in [6.45, 7) is 9.99. The Morgan fingerprint density at radius 1 is 1.14 bits per heavy atom. The molecule has 0 bridgehead atoms. The minimum Gasteiger partial charge on any atom is -0.462 e. The third-order valence-electron chi connectivity index (χ3n) is 4.90. The molecule has 0 unspecified atom stereocenters. The lowest BCUT2D eigenvalue weighted by Crippen LogP contribution is -2.41. The van der Waals surface area contributed by atoms with Crippen LogP contribution in [0.1, 0.15) is 54.6 Å². The molecule has 1 amide bonds. The summed E-state index contributed by atoms with van der Waals surface area (Å²) in [5.41, 5.74) is 0.465. The van der Waals surface area contributed by atoms with E-state index in [1.807, 2.05) is 39.8 Å². The zero-order chi connectivity index (χ0) is 20.5. The molecular formula is C19H23BN2O5S. The zero-order valence-corrected chi connectivity index (χ0v) is 17.4. The fourth-order valence-corrected chi connectivity index (χ4v) is 3.27. The Morgan fingerprint density at radius 2 is 1.75 bits per heavy atom. The van der Waals surface area contributed by atoms with Crippen LogP contribution in [0.5, 0.6) is 0 Å². The van der Waals surface area contributed by atoms with Crippen LogP contribution in [0.4, 0.5) is 5.13 Å². The predicted octanol–water partition coefficient (Wildman–Crippen LogP) is 2.87. The molecule has 1 N–H and O–H groups in total. The van der Waals surface area contributed by atoms with E-state index in [1.54, 1.807) is 19.1 Å². The van der Waals surface area contributed by atoms with Crippen molar-refractivity contribution in [2.75, 3.05) is 11.9 Å². The number of rotatable bonds is 5. The number of ether oxygens (including phenoxy) is 1. The van der Waals surface area contributed by atoms with Gasteiger partial charge >= 0.3 is 13.1 Å². The lowest BCUT2D eigenvalue weighted by molar-refractivity contribution is 0.00578. The first-order valence-corrected chi connectivity index (χ1v) is 9.84. The molecule has 28 heavy (non-hydrogen) atoms. The number of amides is 1. The number of hydrogen-bond donors (Lipinski definition) is 1. The van der Waals surface area contributed by atoms with Gasteiger partial charge in [-0.3, -0.25) is 10.1 Å². The third kappa shape index (κ3) is 4.11. The highest BCUT2D eigenvalue weighted by Gasteiger charge is 2.51. The van der Waals surface area contributed by atoms with E-state index >= 15 is 0 Å². The molecule has 0 saturated carbocycles. The maximum atomic E-state index is 12.4. The van der Waals surface area contributed by atoms with E-state index in [-0.39, 0.29) is 12.5 Å². The van der Waals surface area contributed by atoms with Gasteiger partial charge in [0.25, 0.3) is 5.91 Å². The quantitative estimate of drug-likeness (QED) is 0.612. The molecule has 1 aromatic heterocycles. The summed E-state index contributed by atoms with van der Waals surface area (Å²) in [7, 11) is -0.479. The minimum absolute atomic E-state index is 0.285. The lowest BCUT2D eigenvalue weighted by atomic mass is 9.79. The van der Waals surface area contributed by atoms with Crippen molar-refractivity contribution < 1.29 is 23.6 Å². The van der Waals surface area contributed by atoms with E-state index in [4.69, 9.17) is 14.0 Å². The van der Waals surface area contributed by atoms with Crippen molar-refractivity contribution in [1.82, 2.24) is 4.98 Å². The molecule has 1 saturated heterocycles. The Morgan fingerprint density at radius 3 is 2.32 bits per heavy atom. The lowest BCUT2D eigenvalue weighted by Gasteiger charge is -2.32. The van der Waals surface area contributed by atoms with Gasteiger partial charge in [0.05, 0.1) is 24.0 Å². The molecule has 1 fully saturated rings. The fraction of sp³-hybridized carbons (Fsp3) is 0.421. The second-order valence-corrected chi connectivity index (χ2v) is 8.45. The number of carbonyl (C=O) groups is 2. The average molecular weight is 402 g/mol. The molecule has 0 radical (unpaired) electrons. The van der Waals surface area contributed by atoms with Crippen molar-refractivity contribution in [3.05, 3.63) is 40.9 Å². The van der Waals surface area contributed by atoms with Crippen LogP contribution in [0.3, 0.4) is 0 Å². The molecule has 0 aliphatic carbocycles. The Bertz CT molecular complexity index is 863. The summed E-state index contributed by atoms with van der Waals surface area (Å²) in [5.74, 6) is -0.766. The van der Waals surface area contributed by atoms with E-state index in [1.165, 1.54) is 6.20 Å². The van der Waals surface area contributed by atoms with Crippen molar-refractivity contribution in [3.63, 3.8) is 0 Å². The van der Waals surface area contributed by atoms with E-state index in [0.717, 1.165) is 16.8 Å². The number of anilines is 1. The molecule has 148 valence electrons. The van der Waals surface area contributed by atoms with Crippen molar-refractivity contribution in [2.24, 2.45) is 0 Å².